The van der Waals surface area contributed by atoms with Gasteiger partial charge in [0, 0.05) is 6.42 Å². The van der Waals surface area contributed by atoms with Crippen molar-refractivity contribution in [3.05, 3.63) is 5.82 Å². The van der Waals surface area contributed by atoms with Gasteiger partial charge in [-0.3, -0.25) is 0 Å². The van der Waals surface area contributed by atoms with Gasteiger partial charge in [0.15, 0.2) is 5.72 Å². The normalized spacial score (nSPS) is 39.9. The maximum atomic E-state index is 12.6. The quantitative estimate of drug-likeness (QED) is 0.700. The van der Waals surface area contributed by atoms with E-state index >= 15 is 0 Å². The lowest BCUT2D eigenvalue weighted by Crippen LogP contribution is -2.58. The van der Waals surface area contributed by atoms with Crippen molar-refractivity contribution in [2.24, 2.45) is 0 Å². The van der Waals surface area contributed by atoms with E-state index in [0.717, 1.165) is 4.68 Å². The lowest BCUT2D eigenvalue weighted by atomic mass is 9.95. The molecule has 2 saturated heterocycles. The first-order valence-corrected chi connectivity index (χ1v) is 5.68. The topological polar surface area (TPSA) is 81.4 Å². The molecule has 0 aromatic carbocycles. The van der Waals surface area contributed by atoms with E-state index in [1.165, 1.54) is 0 Å². The molecule has 2 fully saturated rings. The highest BCUT2D eigenvalue weighted by Gasteiger charge is 2.58. The van der Waals surface area contributed by atoms with E-state index in [2.05, 4.69) is 15.4 Å². The van der Waals surface area contributed by atoms with E-state index in [4.69, 9.17) is 9.47 Å². The van der Waals surface area contributed by atoms with Crippen molar-refractivity contribution in [1.29, 1.82) is 0 Å². The van der Waals surface area contributed by atoms with E-state index < -0.39 is 36.2 Å². The highest BCUT2D eigenvalue weighted by molar-refractivity contribution is 5.35. The fourth-order valence-electron chi connectivity index (χ4n) is 2.73. The van der Waals surface area contributed by atoms with E-state index in [1.807, 2.05) is 0 Å². The number of rotatable bonds is 0. The maximum absolute atomic E-state index is 12.6. The first-order valence-electron chi connectivity index (χ1n) is 5.68. The Labute approximate surface area is 104 Å². The van der Waals surface area contributed by atoms with Gasteiger partial charge in [0.2, 0.25) is 12.2 Å². The molecule has 10 heteroatoms. The summed E-state index contributed by atoms with van der Waals surface area (Å²) in [6.45, 7) is 0.208. The summed E-state index contributed by atoms with van der Waals surface area (Å²) in [5, 5.41) is 16.3. The summed E-state index contributed by atoms with van der Waals surface area (Å²) in [6, 6.07) is -0.524. The van der Waals surface area contributed by atoms with Gasteiger partial charge in [0.25, 0.3) is 5.82 Å². The monoisotopic (exact) mass is 278 g/mol. The zero-order chi connectivity index (χ0) is 13.4. The molecule has 0 saturated carbocycles. The van der Waals surface area contributed by atoms with Gasteiger partial charge in [-0.25, -0.2) is 4.68 Å². The van der Waals surface area contributed by atoms with Crippen LogP contribution in [0.1, 0.15) is 18.3 Å². The number of alkyl halides is 3. The molecule has 0 spiro atoms. The molecule has 3 aliphatic heterocycles. The van der Waals surface area contributed by atoms with Gasteiger partial charge in [-0.15, -0.1) is 5.10 Å². The predicted octanol–water partition coefficient (Wildman–Crippen LogP) is 0.0973. The number of halogens is 3. The molecule has 0 aliphatic carbocycles. The molecule has 0 amide bonds. The van der Waals surface area contributed by atoms with Crippen molar-refractivity contribution in [3.63, 3.8) is 0 Å². The molecule has 0 radical (unpaired) electrons. The minimum absolute atomic E-state index is 0.116. The second-order valence-electron chi connectivity index (χ2n) is 4.86. The van der Waals surface area contributed by atoms with Gasteiger partial charge >= 0.3 is 6.18 Å². The smallest absolute Gasteiger partial charge is 0.366 e. The summed E-state index contributed by atoms with van der Waals surface area (Å²) >= 11 is 0. The van der Waals surface area contributed by atoms with E-state index in [-0.39, 0.29) is 19.0 Å². The van der Waals surface area contributed by atoms with Crippen molar-refractivity contribution < 1.29 is 27.8 Å². The largest absolute Gasteiger partial charge is 0.453 e. The molecular weight excluding hydrogens is 269 g/mol. The molecule has 4 heterocycles. The Morgan fingerprint density at radius 2 is 2.26 bits per heavy atom. The van der Waals surface area contributed by atoms with Gasteiger partial charge < -0.3 is 19.9 Å². The number of nitrogens with zero attached hydrogens (tertiary/aromatic N) is 3. The van der Waals surface area contributed by atoms with Gasteiger partial charge in [-0.05, 0) is 0 Å². The number of hydrogen-bond acceptors (Lipinski definition) is 6. The summed E-state index contributed by atoms with van der Waals surface area (Å²) in [6.07, 6.45) is -5.78. The number of hydrogen-bond donors (Lipinski definition) is 2. The van der Waals surface area contributed by atoms with Crippen LogP contribution in [0.5, 0.6) is 0 Å². The van der Waals surface area contributed by atoms with E-state index in [0.29, 0.717) is 0 Å². The second-order valence-corrected chi connectivity index (χ2v) is 4.86. The Hall–Kier alpha value is -1.39. The third-order valence-corrected chi connectivity index (χ3v) is 3.58. The van der Waals surface area contributed by atoms with Gasteiger partial charge in [0.1, 0.15) is 6.10 Å². The summed E-state index contributed by atoms with van der Waals surface area (Å²) in [4.78, 5) is 3.39. The fraction of sp³-hybridized carbons (Fsp3) is 0.778. The Kier molecular flexibility index (Phi) is 1.92. The molecule has 19 heavy (non-hydrogen) atoms. The standard InChI is InChI=1S/C9H9F3N4O3/c10-9(11,12)5-13-7-14-8(17)1-3(16(7)15-5)4-2-18-6(8)19-4/h3-4,6,17H,1-2H2,(H,13,14,15)/t3-,4+,6+,8-/m0/s1. The lowest BCUT2D eigenvalue weighted by molar-refractivity contribution is -0.215. The molecule has 104 valence electrons. The zero-order valence-corrected chi connectivity index (χ0v) is 9.39. The fourth-order valence-corrected chi connectivity index (χ4v) is 2.73. The van der Waals surface area contributed by atoms with Crippen LogP contribution in [-0.2, 0) is 15.7 Å². The Morgan fingerprint density at radius 3 is 3.00 bits per heavy atom. The summed E-state index contributed by atoms with van der Waals surface area (Å²) < 4.78 is 49.6. The summed E-state index contributed by atoms with van der Waals surface area (Å²) in [5.74, 6) is -1.35. The minimum Gasteiger partial charge on any atom is -0.366 e. The highest BCUT2D eigenvalue weighted by Crippen LogP contribution is 2.45. The first kappa shape index (κ1) is 11.4. The average Bonchev–Trinajstić information content (AvgIpc) is 2.89. The average molecular weight is 278 g/mol. The molecular formula is C9H9F3N4O3. The molecule has 0 unspecified atom stereocenters. The molecule has 1 aromatic rings. The summed E-state index contributed by atoms with van der Waals surface area (Å²) in [5.41, 5.74) is -1.57. The van der Waals surface area contributed by atoms with Crippen LogP contribution in [0.3, 0.4) is 0 Å². The van der Waals surface area contributed by atoms with Crippen molar-refractivity contribution in [2.45, 2.75) is 36.8 Å². The van der Waals surface area contributed by atoms with E-state index in [1.54, 1.807) is 0 Å². The molecule has 4 atom stereocenters. The number of aromatic nitrogens is 3. The Balaban J connectivity index is 1.82. The maximum Gasteiger partial charge on any atom is 0.453 e. The Bertz CT molecular complexity index is 547. The van der Waals surface area contributed by atoms with Crippen LogP contribution in [-0.4, -0.2) is 44.6 Å². The van der Waals surface area contributed by atoms with Crippen LogP contribution in [0, 0.1) is 0 Å². The van der Waals surface area contributed by atoms with Gasteiger partial charge in [-0.2, -0.15) is 18.2 Å². The number of fused-ring (bicyclic) bond motifs is 8. The molecule has 4 bridgehead atoms. The molecule has 4 rings (SSSR count). The number of anilines is 1. The van der Waals surface area contributed by atoms with Crippen LogP contribution in [0.15, 0.2) is 0 Å². The number of nitrogens with one attached hydrogen (secondary N) is 1. The molecule has 1 aromatic heterocycles. The van der Waals surface area contributed by atoms with Crippen molar-refractivity contribution in [1.82, 2.24) is 14.8 Å². The van der Waals surface area contributed by atoms with Crippen LogP contribution in [0.4, 0.5) is 19.1 Å². The van der Waals surface area contributed by atoms with Crippen LogP contribution >= 0.6 is 0 Å². The van der Waals surface area contributed by atoms with Gasteiger partial charge in [-0.1, -0.05) is 0 Å². The van der Waals surface area contributed by atoms with Crippen LogP contribution in [0.2, 0.25) is 0 Å². The number of ether oxygens (including phenoxy) is 2. The van der Waals surface area contributed by atoms with Crippen molar-refractivity contribution >= 4 is 5.95 Å². The minimum atomic E-state index is -4.63. The second kappa shape index (κ2) is 3.19. The van der Waals surface area contributed by atoms with Gasteiger partial charge in [0.05, 0.1) is 12.6 Å². The predicted molar refractivity (Wildman–Crippen MR) is 51.9 cm³/mol. The summed E-state index contributed by atoms with van der Waals surface area (Å²) in [7, 11) is 0. The molecule has 7 nitrogen and oxygen atoms in total. The lowest BCUT2D eigenvalue weighted by Gasteiger charge is -2.44. The first-order chi connectivity index (χ1) is 8.87. The zero-order valence-electron chi connectivity index (χ0n) is 9.39. The Morgan fingerprint density at radius 1 is 1.47 bits per heavy atom. The molecule has 3 aliphatic rings. The third kappa shape index (κ3) is 1.44. The SMILES string of the molecule is O[C@@]12C[C@@H]([C@H]3CO[C@@H]1O3)n1nc(C(F)(F)F)nc1N2. The molecule has 2 N–H and O–H groups in total. The van der Waals surface area contributed by atoms with Crippen molar-refractivity contribution in [3.8, 4) is 0 Å². The third-order valence-electron chi connectivity index (χ3n) is 3.58. The highest BCUT2D eigenvalue weighted by atomic mass is 19.4. The van der Waals surface area contributed by atoms with Crippen molar-refractivity contribution in [2.75, 3.05) is 11.9 Å². The number of aliphatic hydroxyl groups is 1. The van der Waals surface area contributed by atoms with E-state index in [9.17, 15) is 18.3 Å². The van der Waals surface area contributed by atoms with Crippen LogP contribution < -0.4 is 5.32 Å². The van der Waals surface area contributed by atoms with Crippen LogP contribution in [0.25, 0.3) is 0 Å².